The lowest BCUT2D eigenvalue weighted by Gasteiger charge is -2.35. The highest BCUT2D eigenvalue weighted by Crippen LogP contribution is 2.24. The topological polar surface area (TPSA) is 80.2 Å². The first-order valence-electron chi connectivity index (χ1n) is 9.36. The quantitative estimate of drug-likeness (QED) is 0.406. The zero-order valence-corrected chi connectivity index (χ0v) is 17.3. The van der Waals surface area contributed by atoms with Crippen LogP contribution < -0.4 is 5.32 Å². The van der Waals surface area contributed by atoms with Gasteiger partial charge in [-0.05, 0) is 25.0 Å². The summed E-state index contributed by atoms with van der Waals surface area (Å²) in [5.41, 5.74) is 2.44. The lowest BCUT2D eigenvalue weighted by Crippen LogP contribution is -2.48. The Labute approximate surface area is 162 Å². The number of nitrogens with zero attached hydrogens (tertiary/aromatic N) is 2. The van der Waals surface area contributed by atoms with E-state index in [9.17, 15) is 8.42 Å². The van der Waals surface area contributed by atoms with Gasteiger partial charge in [0.25, 0.3) is 0 Å². The van der Waals surface area contributed by atoms with Crippen LogP contribution in [0.25, 0.3) is 0 Å². The smallest absolute Gasteiger partial charge is 0.194 e. The van der Waals surface area contributed by atoms with E-state index in [0.29, 0.717) is 19.8 Å². The molecule has 0 radical (unpaired) electrons. The Balaban J connectivity index is 1.91. The third kappa shape index (κ3) is 7.48. The summed E-state index contributed by atoms with van der Waals surface area (Å²) in [6, 6.07) is 8.29. The van der Waals surface area contributed by atoms with E-state index < -0.39 is 9.84 Å². The zero-order chi connectivity index (χ0) is 19.7. The van der Waals surface area contributed by atoms with Gasteiger partial charge in [-0.2, -0.15) is 0 Å². The maximum atomic E-state index is 11.1. The summed E-state index contributed by atoms with van der Waals surface area (Å²) in [6.45, 7) is 8.18. The Hall–Kier alpha value is -1.64. The third-order valence-electron chi connectivity index (χ3n) is 4.33. The summed E-state index contributed by atoms with van der Waals surface area (Å²) in [4.78, 5) is 6.83. The maximum absolute atomic E-state index is 11.1. The molecule has 152 valence electrons. The van der Waals surface area contributed by atoms with Crippen LogP contribution in [0.5, 0.6) is 0 Å². The van der Waals surface area contributed by atoms with E-state index >= 15 is 0 Å². The van der Waals surface area contributed by atoms with Gasteiger partial charge in [0.15, 0.2) is 5.96 Å². The Morgan fingerprint density at radius 1 is 1.37 bits per heavy atom. The second-order valence-corrected chi connectivity index (χ2v) is 8.90. The summed E-state index contributed by atoms with van der Waals surface area (Å²) < 4.78 is 33.6. The molecule has 1 fully saturated rings. The molecule has 0 amide bonds. The Morgan fingerprint density at radius 3 is 2.85 bits per heavy atom. The van der Waals surface area contributed by atoms with Crippen molar-refractivity contribution >= 4 is 15.8 Å². The highest BCUT2D eigenvalue weighted by Gasteiger charge is 2.25. The van der Waals surface area contributed by atoms with Crippen molar-refractivity contribution in [3.8, 4) is 0 Å². The third-order valence-corrected chi connectivity index (χ3v) is 5.24. The molecule has 1 N–H and O–H groups in total. The molecule has 1 unspecified atom stereocenters. The van der Waals surface area contributed by atoms with E-state index in [-0.39, 0.29) is 18.5 Å². The van der Waals surface area contributed by atoms with Crippen LogP contribution in [0.1, 0.15) is 24.2 Å². The molecule has 2 rings (SSSR count). The van der Waals surface area contributed by atoms with Crippen LogP contribution in [0.15, 0.2) is 29.3 Å². The van der Waals surface area contributed by atoms with Gasteiger partial charge >= 0.3 is 0 Å². The molecule has 0 saturated carbocycles. The lowest BCUT2D eigenvalue weighted by atomic mass is 10.0. The average Bonchev–Trinajstić information content (AvgIpc) is 2.63. The summed E-state index contributed by atoms with van der Waals surface area (Å²) >= 11 is 0. The molecular weight excluding hydrogens is 366 g/mol. The monoisotopic (exact) mass is 397 g/mol. The van der Waals surface area contributed by atoms with Crippen molar-refractivity contribution in [2.45, 2.75) is 20.0 Å². The lowest BCUT2D eigenvalue weighted by molar-refractivity contribution is -0.00836. The number of sulfone groups is 1. The number of rotatable bonds is 8. The van der Waals surface area contributed by atoms with Gasteiger partial charge in [-0.25, -0.2) is 8.42 Å². The number of hydrogen-bond donors (Lipinski definition) is 1. The van der Waals surface area contributed by atoms with Crippen molar-refractivity contribution in [3.05, 3.63) is 35.4 Å². The van der Waals surface area contributed by atoms with E-state index in [1.165, 1.54) is 17.4 Å². The fourth-order valence-electron chi connectivity index (χ4n) is 2.93. The van der Waals surface area contributed by atoms with Gasteiger partial charge < -0.3 is 19.7 Å². The van der Waals surface area contributed by atoms with Gasteiger partial charge in [-0.15, -0.1) is 0 Å². The van der Waals surface area contributed by atoms with Gasteiger partial charge in [0.1, 0.15) is 15.9 Å². The Morgan fingerprint density at radius 2 is 2.15 bits per heavy atom. The van der Waals surface area contributed by atoms with Crippen molar-refractivity contribution < 1.29 is 17.9 Å². The number of morpholine rings is 1. The van der Waals surface area contributed by atoms with Crippen molar-refractivity contribution in [2.75, 3.05) is 58.0 Å². The first-order chi connectivity index (χ1) is 12.9. The average molecular weight is 398 g/mol. The van der Waals surface area contributed by atoms with Crippen LogP contribution in [0.4, 0.5) is 0 Å². The fraction of sp³-hybridized carbons (Fsp3) is 0.632. The van der Waals surface area contributed by atoms with Crippen LogP contribution >= 0.6 is 0 Å². The number of aliphatic imine (C=N–C) groups is 1. The highest BCUT2D eigenvalue weighted by molar-refractivity contribution is 7.90. The summed E-state index contributed by atoms with van der Waals surface area (Å²) in [6.07, 6.45) is 1.23. The van der Waals surface area contributed by atoms with Crippen molar-refractivity contribution in [1.29, 1.82) is 0 Å². The van der Waals surface area contributed by atoms with Crippen molar-refractivity contribution in [3.63, 3.8) is 0 Å². The van der Waals surface area contributed by atoms with Gasteiger partial charge in [0.05, 0.1) is 38.7 Å². The van der Waals surface area contributed by atoms with Gasteiger partial charge in [0, 0.05) is 19.3 Å². The van der Waals surface area contributed by atoms with Crippen molar-refractivity contribution in [2.24, 2.45) is 4.99 Å². The number of hydrogen-bond acceptors (Lipinski definition) is 5. The number of benzene rings is 1. The minimum atomic E-state index is -2.98. The van der Waals surface area contributed by atoms with Gasteiger partial charge in [-0.3, -0.25) is 4.99 Å². The van der Waals surface area contributed by atoms with Crippen LogP contribution in [0.3, 0.4) is 0 Å². The molecule has 1 atom stereocenters. The van der Waals surface area contributed by atoms with Crippen molar-refractivity contribution in [1.82, 2.24) is 10.2 Å². The fourth-order valence-corrected chi connectivity index (χ4v) is 3.35. The molecule has 0 spiro atoms. The second-order valence-electron chi connectivity index (χ2n) is 6.64. The molecule has 1 aromatic rings. The molecule has 0 aliphatic carbocycles. The van der Waals surface area contributed by atoms with Crippen LogP contribution in [0.2, 0.25) is 0 Å². The maximum Gasteiger partial charge on any atom is 0.194 e. The van der Waals surface area contributed by atoms with Crippen LogP contribution in [0, 0.1) is 6.92 Å². The molecular formula is C19H31N3O4S. The number of guanidine groups is 1. The molecule has 27 heavy (non-hydrogen) atoms. The van der Waals surface area contributed by atoms with E-state index in [1.807, 2.05) is 19.1 Å². The molecule has 0 bridgehead atoms. The second kappa shape index (κ2) is 10.6. The highest BCUT2D eigenvalue weighted by atomic mass is 32.2. The summed E-state index contributed by atoms with van der Waals surface area (Å²) in [5, 5.41) is 3.32. The number of ether oxygens (including phenoxy) is 2. The van der Waals surface area contributed by atoms with Crippen LogP contribution in [-0.4, -0.2) is 77.3 Å². The molecule has 1 aliphatic rings. The predicted molar refractivity (Wildman–Crippen MR) is 108 cm³/mol. The van der Waals surface area contributed by atoms with E-state index in [4.69, 9.17) is 9.47 Å². The zero-order valence-electron chi connectivity index (χ0n) is 16.5. The normalized spacial score (nSPS) is 18.6. The molecule has 1 aromatic carbocycles. The minimum absolute atomic E-state index is 0.0230. The number of nitrogens with one attached hydrogen (secondary N) is 1. The molecule has 0 aromatic heterocycles. The first-order valence-corrected chi connectivity index (χ1v) is 11.4. The molecule has 1 heterocycles. The molecule has 1 aliphatic heterocycles. The molecule has 1 saturated heterocycles. The standard InChI is InChI=1S/C19H31N3O4S/c1-4-20-19(21-9-11-25-13-14-27(3,23)24)22-10-12-26-18(15-22)17-8-6-5-7-16(17)2/h5-8,18H,4,9-15H2,1-3H3,(H,20,21). The minimum Gasteiger partial charge on any atom is -0.378 e. The largest absolute Gasteiger partial charge is 0.378 e. The van der Waals surface area contributed by atoms with Crippen LogP contribution in [-0.2, 0) is 19.3 Å². The van der Waals surface area contributed by atoms with Gasteiger partial charge in [-0.1, -0.05) is 24.3 Å². The number of aryl methyl sites for hydroxylation is 1. The van der Waals surface area contributed by atoms with E-state index in [0.717, 1.165) is 25.6 Å². The summed E-state index contributed by atoms with van der Waals surface area (Å²) in [7, 11) is -2.98. The predicted octanol–water partition coefficient (Wildman–Crippen LogP) is 1.40. The SMILES string of the molecule is CCNC(=NCCOCCS(C)(=O)=O)N1CCOC(c2ccccc2C)C1. The Bertz CT molecular complexity index is 721. The van der Waals surface area contributed by atoms with E-state index in [2.05, 4.69) is 34.3 Å². The summed E-state index contributed by atoms with van der Waals surface area (Å²) in [5.74, 6) is 0.879. The Kier molecular flexibility index (Phi) is 8.53. The van der Waals surface area contributed by atoms with Gasteiger partial charge in [0.2, 0.25) is 0 Å². The molecule has 7 nitrogen and oxygen atoms in total. The molecule has 8 heteroatoms. The van der Waals surface area contributed by atoms with E-state index in [1.54, 1.807) is 0 Å². The first kappa shape index (κ1) is 21.7.